The van der Waals surface area contributed by atoms with Gasteiger partial charge in [-0.05, 0) is 38.5 Å². The highest BCUT2D eigenvalue weighted by atomic mass is 16.5. The summed E-state index contributed by atoms with van der Waals surface area (Å²) in [6, 6.07) is 3.86. The van der Waals surface area contributed by atoms with E-state index in [1.165, 1.54) is 0 Å². The van der Waals surface area contributed by atoms with Crippen LogP contribution in [0.25, 0.3) is 11.1 Å². The first-order chi connectivity index (χ1) is 15.5. The van der Waals surface area contributed by atoms with Crippen molar-refractivity contribution in [1.82, 2.24) is 19.7 Å². The van der Waals surface area contributed by atoms with E-state index in [1.54, 1.807) is 17.2 Å². The molecular weight excluding hydrogens is 408 g/mol. The SMILES string of the molecule is CC1CCC(NC(=O)C2(C)Cn3c(cc4occc43)C(=O)N2CCN2CCOCC2)CC1. The van der Waals surface area contributed by atoms with E-state index < -0.39 is 5.54 Å². The molecule has 2 aromatic rings. The minimum absolute atomic E-state index is 0.0524. The van der Waals surface area contributed by atoms with Crippen molar-refractivity contribution < 1.29 is 18.7 Å². The third-order valence-electron chi connectivity index (χ3n) is 7.63. The summed E-state index contributed by atoms with van der Waals surface area (Å²) < 4.78 is 13.0. The predicted octanol–water partition coefficient (Wildman–Crippen LogP) is 2.48. The molecular formula is C24H34N4O4. The van der Waals surface area contributed by atoms with Crippen molar-refractivity contribution in [3.63, 3.8) is 0 Å². The molecule has 2 aromatic heterocycles. The van der Waals surface area contributed by atoms with Crippen molar-refractivity contribution in [1.29, 1.82) is 0 Å². The number of rotatable bonds is 5. The maximum absolute atomic E-state index is 13.7. The van der Waals surface area contributed by atoms with Crippen LogP contribution in [-0.4, -0.2) is 77.2 Å². The number of amides is 2. The standard InChI is InChI=1S/C24H34N4O4/c1-17-3-5-18(6-4-17)25-23(30)24(2)16-27-19-7-12-32-21(19)15-20(27)22(29)28(24)9-8-26-10-13-31-14-11-26/h7,12,15,17-18H,3-6,8-11,13-14,16H2,1-2H3,(H,25,30). The number of aromatic nitrogens is 1. The van der Waals surface area contributed by atoms with Crippen molar-refractivity contribution in [3.8, 4) is 0 Å². The van der Waals surface area contributed by atoms with Crippen LogP contribution in [0.3, 0.4) is 0 Å². The normalized spacial score (nSPS) is 29.3. The van der Waals surface area contributed by atoms with Gasteiger partial charge < -0.3 is 23.9 Å². The molecule has 174 valence electrons. The smallest absolute Gasteiger partial charge is 0.271 e. The van der Waals surface area contributed by atoms with Crippen LogP contribution in [0.1, 0.15) is 50.0 Å². The van der Waals surface area contributed by atoms with Crippen LogP contribution < -0.4 is 5.32 Å². The first-order valence-electron chi connectivity index (χ1n) is 12.0. The number of ether oxygens (including phenoxy) is 1. The van der Waals surface area contributed by atoms with E-state index in [4.69, 9.17) is 9.15 Å². The van der Waals surface area contributed by atoms with Gasteiger partial charge in [-0.25, -0.2) is 0 Å². The Morgan fingerprint density at radius 1 is 1.19 bits per heavy atom. The monoisotopic (exact) mass is 442 g/mol. The molecule has 1 N–H and O–H groups in total. The Morgan fingerprint density at radius 2 is 1.94 bits per heavy atom. The summed E-state index contributed by atoms with van der Waals surface area (Å²) in [6.07, 6.45) is 5.92. The fourth-order valence-electron chi connectivity index (χ4n) is 5.43. The minimum Gasteiger partial charge on any atom is -0.463 e. The molecule has 5 rings (SSSR count). The molecule has 8 nitrogen and oxygen atoms in total. The lowest BCUT2D eigenvalue weighted by molar-refractivity contribution is -0.134. The summed E-state index contributed by atoms with van der Waals surface area (Å²) in [5.74, 6) is 0.561. The Balaban J connectivity index is 1.41. The van der Waals surface area contributed by atoms with Gasteiger partial charge in [0.05, 0.1) is 31.5 Å². The van der Waals surface area contributed by atoms with Crippen molar-refractivity contribution >= 4 is 22.9 Å². The highest BCUT2D eigenvalue weighted by molar-refractivity contribution is 6.02. The zero-order chi connectivity index (χ0) is 22.3. The number of nitrogens with zero attached hydrogens (tertiary/aromatic N) is 3. The summed E-state index contributed by atoms with van der Waals surface area (Å²) in [5, 5.41) is 3.30. The topological polar surface area (TPSA) is 80.0 Å². The number of hydrogen-bond donors (Lipinski definition) is 1. The maximum Gasteiger partial charge on any atom is 0.271 e. The Kier molecular flexibility index (Phi) is 5.75. The molecule has 0 spiro atoms. The molecule has 2 aliphatic heterocycles. The van der Waals surface area contributed by atoms with Gasteiger partial charge in [-0.15, -0.1) is 0 Å². The van der Waals surface area contributed by atoms with Crippen molar-refractivity contribution in [2.24, 2.45) is 5.92 Å². The molecule has 4 heterocycles. The zero-order valence-corrected chi connectivity index (χ0v) is 19.1. The second-order valence-electron chi connectivity index (χ2n) is 9.90. The van der Waals surface area contributed by atoms with Gasteiger partial charge in [-0.2, -0.15) is 0 Å². The lowest BCUT2D eigenvalue weighted by Crippen LogP contribution is -2.66. The van der Waals surface area contributed by atoms with Crippen molar-refractivity contribution in [2.45, 2.75) is 57.7 Å². The van der Waals surface area contributed by atoms with Gasteiger partial charge in [0.15, 0.2) is 5.58 Å². The van der Waals surface area contributed by atoms with Crippen LogP contribution >= 0.6 is 0 Å². The van der Waals surface area contributed by atoms with E-state index in [0.717, 1.165) is 56.8 Å². The first-order valence-corrected chi connectivity index (χ1v) is 12.0. The molecule has 2 amide bonds. The van der Waals surface area contributed by atoms with Gasteiger partial charge in [0.1, 0.15) is 11.2 Å². The molecule has 1 unspecified atom stereocenters. The van der Waals surface area contributed by atoms with Crippen LogP contribution in [0.5, 0.6) is 0 Å². The van der Waals surface area contributed by atoms with Crippen LogP contribution in [0, 0.1) is 5.92 Å². The maximum atomic E-state index is 13.7. The number of fused-ring (bicyclic) bond motifs is 3. The summed E-state index contributed by atoms with van der Waals surface area (Å²) in [4.78, 5) is 31.5. The average molecular weight is 443 g/mol. The molecule has 1 atom stereocenters. The lowest BCUT2D eigenvalue weighted by Gasteiger charge is -2.45. The molecule has 1 saturated heterocycles. The summed E-state index contributed by atoms with van der Waals surface area (Å²) in [6.45, 7) is 9.00. The molecule has 8 heteroatoms. The lowest BCUT2D eigenvalue weighted by atomic mass is 9.86. The third kappa shape index (κ3) is 3.83. The van der Waals surface area contributed by atoms with Crippen LogP contribution in [-0.2, 0) is 16.1 Å². The number of furan rings is 1. The molecule has 3 aliphatic rings. The van der Waals surface area contributed by atoms with E-state index >= 15 is 0 Å². The van der Waals surface area contributed by atoms with E-state index in [1.807, 2.05) is 17.6 Å². The molecule has 32 heavy (non-hydrogen) atoms. The summed E-state index contributed by atoms with van der Waals surface area (Å²) in [5.41, 5.74) is 1.19. The second kappa shape index (κ2) is 8.56. The minimum atomic E-state index is -0.956. The van der Waals surface area contributed by atoms with Gasteiger partial charge in [-0.1, -0.05) is 6.92 Å². The zero-order valence-electron chi connectivity index (χ0n) is 19.1. The van der Waals surface area contributed by atoms with Crippen LogP contribution in [0.2, 0.25) is 0 Å². The molecule has 0 radical (unpaired) electrons. The van der Waals surface area contributed by atoms with Gasteiger partial charge in [0.25, 0.3) is 5.91 Å². The number of carbonyl (C=O) groups is 2. The van der Waals surface area contributed by atoms with Crippen LogP contribution in [0.15, 0.2) is 22.8 Å². The number of morpholine rings is 1. The second-order valence-corrected chi connectivity index (χ2v) is 9.90. The molecule has 1 aliphatic carbocycles. The van der Waals surface area contributed by atoms with E-state index in [0.29, 0.717) is 37.6 Å². The van der Waals surface area contributed by atoms with Gasteiger partial charge in [0.2, 0.25) is 5.91 Å². The fourth-order valence-corrected chi connectivity index (χ4v) is 5.43. The Labute approximate surface area is 188 Å². The van der Waals surface area contributed by atoms with Gasteiger partial charge in [0, 0.05) is 44.4 Å². The number of carbonyl (C=O) groups excluding carboxylic acids is 2. The van der Waals surface area contributed by atoms with Gasteiger partial charge >= 0.3 is 0 Å². The van der Waals surface area contributed by atoms with Crippen molar-refractivity contribution in [2.75, 3.05) is 39.4 Å². The first kappa shape index (κ1) is 21.5. The molecule has 0 aromatic carbocycles. The van der Waals surface area contributed by atoms with Crippen LogP contribution in [0.4, 0.5) is 0 Å². The number of nitrogens with one attached hydrogen (secondary N) is 1. The fraction of sp³-hybridized carbons (Fsp3) is 0.667. The molecule has 0 bridgehead atoms. The quantitative estimate of drug-likeness (QED) is 0.770. The van der Waals surface area contributed by atoms with E-state index in [2.05, 4.69) is 17.1 Å². The Hall–Kier alpha value is -2.32. The van der Waals surface area contributed by atoms with E-state index in [-0.39, 0.29) is 17.9 Å². The summed E-state index contributed by atoms with van der Waals surface area (Å²) in [7, 11) is 0. The Morgan fingerprint density at radius 3 is 2.69 bits per heavy atom. The summed E-state index contributed by atoms with van der Waals surface area (Å²) >= 11 is 0. The number of hydrogen-bond acceptors (Lipinski definition) is 5. The predicted molar refractivity (Wildman–Crippen MR) is 120 cm³/mol. The van der Waals surface area contributed by atoms with E-state index in [9.17, 15) is 9.59 Å². The third-order valence-corrected chi connectivity index (χ3v) is 7.63. The molecule has 1 saturated carbocycles. The van der Waals surface area contributed by atoms with Crippen molar-refractivity contribution in [3.05, 3.63) is 24.1 Å². The highest BCUT2D eigenvalue weighted by Gasteiger charge is 2.48. The Bertz CT molecular complexity index is 983. The largest absolute Gasteiger partial charge is 0.463 e. The van der Waals surface area contributed by atoms with Gasteiger partial charge in [-0.3, -0.25) is 14.5 Å². The highest BCUT2D eigenvalue weighted by Crippen LogP contribution is 2.33. The molecule has 2 fully saturated rings. The average Bonchev–Trinajstić information content (AvgIpc) is 3.38.